The van der Waals surface area contributed by atoms with E-state index in [1.54, 1.807) is 27.3 Å². The number of rotatable bonds is 7. The minimum Gasteiger partial charge on any atom is -0.493 e. The lowest BCUT2D eigenvalue weighted by molar-refractivity contribution is -0.116. The number of anilines is 2. The lowest BCUT2D eigenvalue weighted by atomic mass is 10.2. The van der Waals surface area contributed by atoms with E-state index >= 15 is 0 Å². The van der Waals surface area contributed by atoms with E-state index in [9.17, 15) is 4.79 Å². The minimum absolute atomic E-state index is 0. The molecule has 0 unspecified atom stereocenters. The maximum atomic E-state index is 12.0. The zero-order valence-corrected chi connectivity index (χ0v) is 19.8. The van der Waals surface area contributed by atoms with Gasteiger partial charge in [0.05, 0.1) is 14.2 Å². The van der Waals surface area contributed by atoms with Crippen LogP contribution in [-0.2, 0) is 4.79 Å². The zero-order valence-electron chi connectivity index (χ0n) is 15.9. The van der Waals surface area contributed by atoms with E-state index < -0.39 is 0 Å². The summed E-state index contributed by atoms with van der Waals surface area (Å²) in [5.41, 5.74) is 1.55. The van der Waals surface area contributed by atoms with Crippen molar-refractivity contribution in [1.29, 1.82) is 0 Å². The molecule has 0 fully saturated rings. The van der Waals surface area contributed by atoms with E-state index in [4.69, 9.17) is 9.47 Å². The molecule has 0 aromatic heterocycles. The Kier molecular flexibility index (Phi) is 10.7. The van der Waals surface area contributed by atoms with Gasteiger partial charge in [0.25, 0.3) is 0 Å². The lowest BCUT2D eigenvalue weighted by Crippen LogP contribution is -2.33. The van der Waals surface area contributed by atoms with Gasteiger partial charge in [-0.1, -0.05) is 15.9 Å². The van der Waals surface area contributed by atoms with Gasteiger partial charge in [0.15, 0.2) is 17.5 Å². The number of ether oxygens (including phenoxy) is 2. The van der Waals surface area contributed by atoms with Gasteiger partial charge in [0.2, 0.25) is 5.91 Å². The van der Waals surface area contributed by atoms with Crippen LogP contribution in [0.3, 0.4) is 0 Å². The zero-order chi connectivity index (χ0) is 19.6. The summed E-state index contributed by atoms with van der Waals surface area (Å²) < 4.78 is 11.5. The third-order valence-corrected chi connectivity index (χ3v) is 4.17. The molecule has 1 amide bonds. The predicted molar refractivity (Wildman–Crippen MR) is 127 cm³/mol. The Morgan fingerprint density at radius 2 is 1.64 bits per heavy atom. The van der Waals surface area contributed by atoms with E-state index in [0.717, 1.165) is 15.8 Å². The Morgan fingerprint density at radius 1 is 1.00 bits per heavy atom. The summed E-state index contributed by atoms with van der Waals surface area (Å²) in [7, 11) is 4.83. The first-order chi connectivity index (χ1) is 13.0. The fourth-order valence-corrected chi connectivity index (χ4v) is 2.55. The number of hydrogen-bond donors (Lipinski definition) is 3. The molecule has 9 heteroatoms. The third kappa shape index (κ3) is 7.55. The SMILES string of the molecule is CN=C(NCCC(=O)Nc1ccc(Br)cc1)Nc1ccc(OC)c(OC)c1.I. The first-order valence-corrected chi connectivity index (χ1v) is 9.10. The maximum absolute atomic E-state index is 12.0. The van der Waals surface area contributed by atoms with Crippen molar-refractivity contribution >= 4 is 63.1 Å². The Morgan fingerprint density at radius 3 is 2.25 bits per heavy atom. The normalized spacial score (nSPS) is 10.5. The molecular weight excluding hydrogens is 539 g/mol. The van der Waals surface area contributed by atoms with Crippen molar-refractivity contribution in [3.63, 3.8) is 0 Å². The van der Waals surface area contributed by atoms with Gasteiger partial charge >= 0.3 is 0 Å². The number of carbonyl (C=O) groups is 1. The van der Waals surface area contributed by atoms with Gasteiger partial charge in [-0.3, -0.25) is 9.79 Å². The van der Waals surface area contributed by atoms with E-state index in [2.05, 4.69) is 36.9 Å². The van der Waals surface area contributed by atoms with Gasteiger partial charge in [-0.2, -0.15) is 0 Å². The number of nitrogens with one attached hydrogen (secondary N) is 3. The number of amides is 1. The largest absolute Gasteiger partial charge is 0.493 e. The van der Waals surface area contributed by atoms with Crippen LogP contribution in [0.1, 0.15) is 6.42 Å². The molecule has 0 bridgehead atoms. The molecule has 7 nitrogen and oxygen atoms in total. The predicted octanol–water partition coefficient (Wildman–Crippen LogP) is 4.10. The Hall–Kier alpha value is -2.01. The molecule has 0 spiro atoms. The summed E-state index contributed by atoms with van der Waals surface area (Å²) in [5, 5.41) is 9.11. The van der Waals surface area contributed by atoms with Crippen molar-refractivity contribution < 1.29 is 14.3 Å². The van der Waals surface area contributed by atoms with Crippen LogP contribution in [0.5, 0.6) is 11.5 Å². The van der Waals surface area contributed by atoms with Crippen LogP contribution < -0.4 is 25.4 Å². The van der Waals surface area contributed by atoms with Crippen LogP contribution >= 0.6 is 39.9 Å². The Labute approximate surface area is 190 Å². The summed E-state index contributed by atoms with van der Waals surface area (Å²) in [4.78, 5) is 16.2. The number of halogens is 2. The Bertz CT molecular complexity index is 800. The van der Waals surface area contributed by atoms with Crippen LogP contribution in [0.15, 0.2) is 51.9 Å². The summed E-state index contributed by atoms with van der Waals surface area (Å²) in [6, 6.07) is 12.9. The van der Waals surface area contributed by atoms with Gasteiger partial charge in [-0.15, -0.1) is 24.0 Å². The molecule has 0 aliphatic rings. The van der Waals surface area contributed by atoms with Crippen molar-refractivity contribution in [2.75, 3.05) is 38.4 Å². The van der Waals surface area contributed by atoms with Crippen molar-refractivity contribution in [2.45, 2.75) is 6.42 Å². The van der Waals surface area contributed by atoms with Gasteiger partial charge in [0.1, 0.15) is 0 Å². The fourth-order valence-electron chi connectivity index (χ4n) is 2.28. The second-order valence-corrected chi connectivity index (χ2v) is 6.41. The van der Waals surface area contributed by atoms with E-state index in [-0.39, 0.29) is 29.9 Å². The molecule has 0 atom stereocenters. The molecule has 3 N–H and O–H groups in total. The quantitative estimate of drug-likeness (QED) is 0.269. The molecule has 2 aromatic carbocycles. The highest BCUT2D eigenvalue weighted by Gasteiger charge is 2.07. The maximum Gasteiger partial charge on any atom is 0.226 e. The first kappa shape index (κ1) is 24.0. The van der Waals surface area contributed by atoms with Crippen LogP contribution in [0.4, 0.5) is 11.4 Å². The van der Waals surface area contributed by atoms with Crippen LogP contribution in [0.25, 0.3) is 0 Å². The molecule has 0 radical (unpaired) electrons. The second kappa shape index (κ2) is 12.4. The molecular formula is C19H24BrIN4O3. The van der Waals surface area contributed by atoms with Crippen molar-refractivity contribution in [1.82, 2.24) is 5.32 Å². The minimum atomic E-state index is -0.0774. The molecule has 2 aromatic rings. The van der Waals surface area contributed by atoms with Crippen LogP contribution in [0, 0.1) is 0 Å². The standard InChI is InChI=1S/C19H23BrN4O3.HI/c1-21-19(24-15-8-9-16(26-2)17(12-15)27-3)22-11-10-18(25)23-14-6-4-13(20)5-7-14;/h4-9,12H,10-11H2,1-3H3,(H,23,25)(H2,21,22,24);1H. The monoisotopic (exact) mass is 562 g/mol. The average molecular weight is 563 g/mol. The topological polar surface area (TPSA) is 84.0 Å². The highest BCUT2D eigenvalue weighted by molar-refractivity contribution is 14.0. The Balaban J connectivity index is 0.00000392. The molecule has 0 saturated heterocycles. The highest BCUT2D eigenvalue weighted by atomic mass is 127. The summed E-state index contributed by atoms with van der Waals surface area (Å²) in [6.07, 6.45) is 0.308. The number of guanidine groups is 1. The fraction of sp³-hybridized carbons (Fsp3) is 0.263. The smallest absolute Gasteiger partial charge is 0.226 e. The summed E-state index contributed by atoms with van der Waals surface area (Å²) in [5.74, 6) is 1.74. The van der Waals surface area contributed by atoms with E-state index in [1.165, 1.54) is 0 Å². The van der Waals surface area contributed by atoms with Crippen molar-refractivity contribution in [3.05, 3.63) is 46.9 Å². The van der Waals surface area contributed by atoms with E-state index in [0.29, 0.717) is 30.4 Å². The first-order valence-electron chi connectivity index (χ1n) is 8.31. The number of nitrogens with zero attached hydrogens (tertiary/aromatic N) is 1. The van der Waals surface area contributed by atoms with Gasteiger partial charge in [-0.05, 0) is 36.4 Å². The van der Waals surface area contributed by atoms with Crippen molar-refractivity contribution in [2.24, 2.45) is 4.99 Å². The summed E-state index contributed by atoms with van der Waals surface area (Å²) >= 11 is 3.36. The van der Waals surface area contributed by atoms with Crippen LogP contribution in [0.2, 0.25) is 0 Å². The van der Waals surface area contributed by atoms with E-state index in [1.807, 2.05) is 36.4 Å². The van der Waals surface area contributed by atoms with Gasteiger partial charge in [0, 0.05) is 41.9 Å². The third-order valence-electron chi connectivity index (χ3n) is 3.64. The molecule has 28 heavy (non-hydrogen) atoms. The summed E-state index contributed by atoms with van der Waals surface area (Å²) in [6.45, 7) is 0.440. The number of methoxy groups -OCH3 is 2. The van der Waals surface area contributed by atoms with Gasteiger partial charge < -0.3 is 25.4 Å². The molecule has 0 aliphatic carbocycles. The number of aliphatic imine (C=N–C) groups is 1. The molecule has 0 heterocycles. The average Bonchev–Trinajstić information content (AvgIpc) is 2.68. The second-order valence-electron chi connectivity index (χ2n) is 5.50. The molecule has 0 aliphatic heterocycles. The number of carbonyl (C=O) groups excluding carboxylic acids is 1. The molecule has 2 rings (SSSR count). The van der Waals surface area contributed by atoms with Crippen LogP contribution in [-0.4, -0.2) is 39.7 Å². The molecule has 0 saturated carbocycles. The van der Waals surface area contributed by atoms with Crippen molar-refractivity contribution in [3.8, 4) is 11.5 Å². The molecule has 152 valence electrons. The van der Waals surface area contributed by atoms with Gasteiger partial charge in [-0.25, -0.2) is 0 Å². The highest BCUT2D eigenvalue weighted by Crippen LogP contribution is 2.29. The number of hydrogen-bond acceptors (Lipinski definition) is 4. The lowest BCUT2D eigenvalue weighted by Gasteiger charge is -2.14. The number of benzene rings is 2.